The number of hydrogen-bond acceptors (Lipinski definition) is 4. The summed E-state index contributed by atoms with van der Waals surface area (Å²) < 4.78 is 16.4. The second-order valence-electron chi connectivity index (χ2n) is 6.94. The fourth-order valence-electron chi connectivity index (χ4n) is 3.64. The molecule has 152 valence electrons. The summed E-state index contributed by atoms with van der Waals surface area (Å²) in [7, 11) is 1.61. The molecule has 1 aliphatic rings. The monoisotopic (exact) mass is 414 g/mol. The molecule has 7 heteroatoms. The molecule has 0 spiro atoms. The predicted molar refractivity (Wildman–Crippen MR) is 112 cm³/mol. The minimum absolute atomic E-state index is 0.0432. The third-order valence-electron chi connectivity index (χ3n) is 5.04. The van der Waals surface area contributed by atoms with E-state index < -0.39 is 0 Å². The zero-order chi connectivity index (χ0) is 20.2. The van der Waals surface area contributed by atoms with E-state index in [0.717, 1.165) is 27.8 Å². The minimum atomic E-state index is -0.166. The highest BCUT2D eigenvalue weighted by Gasteiger charge is 2.24. The van der Waals surface area contributed by atoms with E-state index in [1.54, 1.807) is 7.11 Å². The Balaban J connectivity index is 1.71. The quantitative estimate of drug-likeness (QED) is 0.575. The smallest absolute Gasteiger partial charge is 0.221 e. The normalized spacial score (nSPS) is 14.0. The van der Waals surface area contributed by atoms with Crippen molar-refractivity contribution in [1.29, 1.82) is 0 Å². The molecule has 0 saturated heterocycles. The van der Waals surface area contributed by atoms with Gasteiger partial charge in [0.05, 0.1) is 6.61 Å². The maximum absolute atomic E-state index is 12.6. The van der Waals surface area contributed by atoms with Gasteiger partial charge >= 0.3 is 0 Å². The zero-order valence-electron chi connectivity index (χ0n) is 16.2. The number of rotatable bonds is 7. The van der Waals surface area contributed by atoms with Crippen LogP contribution in [0.25, 0.3) is 10.9 Å². The number of benzene rings is 2. The number of methoxy groups -OCH3 is 1. The van der Waals surface area contributed by atoms with Crippen LogP contribution in [0.5, 0.6) is 11.5 Å². The van der Waals surface area contributed by atoms with Crippen molar-refractivity contribution in [3.05, 3.63) is 58.7 Å². The molecule has 0 bridgehead atoms. The highest BCUT2D eigenvalue weighted by atomic mass is 35.5. The zero-order valence-corrected chi connectivity index (χ0v) is 16.9. The van der Waals surface area contributed by atoms with Gasteiger partial charge in [0.25, 0.3) is 0 Å². The number of carbonyl (C=O) groups excluding carboxylic acids is 1. The Morgan fingerprint density at radius 3 is 2.86 bits per heavy atom. The van der Waals surface area contributed by atoms with Gasteiger partial charge in [-0.2, -0.15) is 0 Å². The van der Waals surface area contributed by atoms with Crippen LogP contribution >= 0.6 is 11.6 Å². The van der Waals surface area contributed by atoms with E-state index in [-0.39, 0.29) is 11.8 Å². The van der Waals surface area contributed by atoms with Crippen LogP contribution in [0.1, 0.15) is 23.5 Å². The van der Waals surface area contributed by atoms with Crippen LogP contribution in [0.2, 0.25) is 5.02 Å². The first-order valence-corrected chi connectivity index (χ1v) is 9.95. The molecule has 1 amide bonds. The van der Waals surface area contributed by atoms with Crippen molar-refractivity contribution < 1.29 is 19.0 Å². The van der Waals surface area contributed by atoms with Crippen LogP contribution in [0.4, 0.5) is 0 Å². The summed E-state index contributed by atoms with van der Waals surface area (Å²) in [4.78, 5) is 15.9. The average Bonchev–Trinajstić information content (AvgIpc) is 3.14. The molecule has 2 N–H and O–H groups in total. The molecule has 0 saturated carbocycles. The van der Waals surface area contributed by atoms with Crippen molar-refractivity contribution in [3.8, 4) is 11.5 Å². The van der Waals surface area contributed by atoms with E-state index in [1.165, 1.54) is 0 Å². The second kappa shape index (κ2) is 8.76. The molecule has 1 aliphatic heterocycles. The summed E-state index contributed by atoms with van der Waals surface area (Å²) in [5, 5.41) is 4.57. The molecule has 0 aliphatic carbocycles. The first-order valence-electron chi connectivity index (χ1n) is 9.57. The van der Waals surface area contributed by atoms with Crippen LogP contribution in [0.15, 0.2) is 42.6 Å². The number of H-pyrrole nitrogens is 1. The molecule has 3 aromatic rings. The van der Waals surface area contributed by atoms with E-state index in [9.17, 15) is 4.79 Å². The van der Waals surface area contributed by atoms with Gasteiger partial charge in [0, 0.05) is 48.1 Å². The van der Waals surface area contributed by atoms with Crippen LogP contribution in [-0.2, 0) is 9.53 Å². The van der Waals surface area contributed by atoms with E-state index in [0.29, 0.717) is 43.6 Å². The topological polar surface area (TPSA) is 72.6 Å². The summed E-state index contributed by atoms with van der Waals surface area (Å²) in [5.74, 6) is 1.22. The van der Waals surface area contributed by atoms with Crippen LogP contribution in [-0.4, -0.2) is 44.4 Å². The van der Waals surface area contributed by atoms with E-state index in [4.69, 9.17) is 25.8 Å². The number of halogens is 1. The lowest BCUT2D eigenvalue weighted by Crippen LogP contribution is -2.28. The van der Waals surface area contributed by atoms with E-state index >= 15 is 0 Å². The Morgan fingerprint density at radius 1 is 1.21 bits per heavy atom. The largest absolute Gasteiger partial charge is 0.486 e. The van der Waals surface area contributed by atoms with Crippen molar-refractivity contribution in [2.75, 3.05) is 33.5 Å². The Labute approximate surface area is 174 Å². The van der Waals surface area contributed by atoms with Gasteiger partial charge in [-0.3, -0.25) is 4.79 Å². The van der Waals surface area contributed by atoms with Gasteiger partial charge in [0.1, 0.15) is 13.2 Å². The lowest BCUT2D eigenvalue weighted by molar-refractivity contribution is -0.121. The SMILES string of the molecule is COCCNC(=O)C[C@@H](c1ccc2c(c1)OCCO2)c1c[nH]c2ccc(Cl)cc12. The number of amides is 1. The molecule has 2 aromatic carbocycles. The Hall–Kier alpha value is -2.70. The number of aromatic amines is 1. The van der Waals surface area contributed by atoms with Crippen LogP contribution < -0.4 is 14.8 Å². The van der Waals surface area contributed by atoms with Crippen molar-refractivity contribution in [1.82, 2.24) is 10.3 Å². The molecule has 1 aromatic heterocycles. The van der Waals surface area contributed by atoms with Gasteiger partial charge in [-0.15, -0.1) is 0 Å². The van der Waals surface area contributed by atoms with E-state index in [1.807, 2.05) is 42.6 Å². The Morgan fingerprint density at radius 2 is 2.03 bits per heavy atom. The van der Waals surface area contributed by atoms with Gasteiger partial charge < -0.3 is 24.5 Å². The number of ether oxygens (including phenoxy) is 3. The fraction of sp³-hybridized carbons (Fsp3) is 0.318. The van der Waals surface area contributed by atoms with Gasteiger partial charge in [-0.1, -0.05) is 17.7 Å². The number of nitrogens with one attached hydrogen (secondary N) is 2. The van der Waals surface area contributed by atoms with Gasteiger partial charge in [0.2, 0.25) is 5.91 Å². The van der Waals surface area contributed by atoms with Crippen LogP contribution in [0.3, 0.4) is 0 Å². The molecule has 0 radical (unpaired) electrons. The number of fused-ring (bicyclic) bond motifs is 2. The molecule has 29 heavy (non-hydrogen) atoms. The molecule has 6 nitrogen and oxygen atoms in total. The summed E-state index contributed by atoms with van der Waals surface area (Å²) in [6, 6.07) is 11.6. The van der Waals surface area contributed by atoms with Crippen molar-refractivity contribution >= 4 is 28.4 Å². The van der Waals surface area contributed by atoms with Gasteiger partial charge in [-0.25, -0.2) is 0 Å². The maximum atomic E-state index is 12.6. The third kappa shape index (κ3) is 4.33. The van der Waals surface area contributed by atoms with Crippen molar-refractivity contribution in [2.24, 2.45) is 0 Å². The Bertz CT molecular complexity index is 1020. The van der Waals surface area contributed by atoms with Gasteiger partial charge in [0.15, 0.2) is 11.5 Å². The van der Waals surface area contributed by atoms with Crippen molar-refractivity contribution in [3.63, 3.8) is 0 Å². The summed E-state index contributed by atoms with van der Waals surface area (Å²) in [6.07, 6.45) is 2.24. The highest BCUT2D eigenvalue weighted by molar-refractivity contribution is 6.31. The molecular formula is C22H23ClN2O4. The first-order chi connectivity index (χ1) is 14.2. The van der Waals surface area contributed by atoms with Gasteiger partial charge in [-0.05, 0) is 41.5 Å². The molecule has 0 fully saturated rings. The summed E-state index contributed by atoms with van der Waals surface area (Å²) >= 11 is 6.24. The average molecular weight is 415 g/mol. The lowest BCUT2D eigenvalue weighted by atomic mass is 9.87. The number of carbonyl (C=O) groups is 1. The molecule has 1 atom stereocenters. The molecular weight excluding hydrogens is 392 g/mol. The standard InChI is InChI=1S/C22H23ClN2O4/c1-27-7-6-24-22(26)12-16(14-2-5-20-21(10-14)29-9-8-28-20)18-13-25-19-4-3-15(23)11-17(18)19/h2-5,10-11,13,16,25H,6-9,12H2,1H3,(H,24,26)/t16-/m0/s1. The molecule has 0 unspecified atom stereocenters. The third-order valence-corrected chi connectivity index (χ3v) is 5.27. The Kier molecular flexibility index (Phi) is 5.92. The molecule has 2 heterocycles. The number of hydrogen-bond donors (Lipinski definition) is 2. The number of aromatic nitrogens is 1. The second-order valence-corrected chi connectivity index (χ2v) is 7.37. The predicted octanol–water partition coefficient (Wildman–Crippen LogP) is 3.88. The van der Waals surface area contributed by atoms with Crippen molar-refractivity contribution in [2.45, 2.75) is 12.3 Å². The highest BCUT2D eigenvalue weighted by Crippen LogP contribution is 2.39. The lowest BCUT2D eigenvalue weighted by Gasteiger charge is -2.22. The van der Waals surface area contributed by atoms with E-state index in [2.05, 4.69) is 10.3 Å². The maximum Gasteiger partial charge on any atom is 0.221 e. The van der Waals surface area contributed by atoms with Crippen LogP contribution in [0, 0.1) is 0 Å². The fourth-order valence-corrected chi connectivity index (χ4v) is 3.81. The minimum Gasteiger partial charge on any atom is -0.486 e. The first kappa shape index (κ1) is 19.6. The summed E-state index contributed by atoms with van der Waals surface area (Å²) in [6.45, 7) is 2.01. The summed E-state index contributed by atoms with van der Waals surface area (Å²) in [5.41, 5.74) is 2.98. The molecule has 4 rings (SSSR count).